The Labute approximate surface area is 111 Å². The largest absolute Gasteiger partial charge is 0.312 e. The van der Waals surface area contributed by atoms with Crippen LogP contribution in [-0.2, 0) is 6.54 Å². The zero-order valence-electron chi connectivity index (χ0n) is 10.4. The van der Waals surface area contributed by atoms with Crippen LogP contribution in [-0.4, -0.2) is 17.5 Å². The maximum atomic E-state index is 12.5. The van der Waals surface area contributed by atoms with Crippen molar-refractivity contribution in [3.8, 4) is 0 Å². The molecule has 1 fully saturated rings. The summed E-state index contributed by atoms with van der Waals surface area (Å²) in [6.45, 7) is 1.65. The monoisotopic (exact) mass is 271 g/mol. The summed E-state index contributed by atoms with van der Waals surface area (Å²) in [4.78, 5) is 0. The minimum Gasteiger partial charge on any atom is -0.312 e. The van der Waals surface area contributed by atoms with E-state index in [9.17, 15) is 8.78 Å². The number of hydrogen-bond acceptors (Lipinski definition) is 2. The minimum absolute atomic E-state index is 0.112. The lowest BCUT2D eigenvalue weighted by atomic mass is 10.1. The Balaban J connectivity index is 1.77. The molecule has 2 rings (SSSR count). The highest BCUT2D eigenvalue weighted by Gasteiger charge is 2.13. The van der Waals surface area contributed by atoms with E-state index in [0.717, 1.165) is 12.1 Å². The predicted molar refractivity (Wildman–Crippen MR) is 73.2 cm³/mol. The molecule has 1 nitrogen and oxygen atoms in total. The number of benzene rings is 1. The number of nitrogens with one attached hydrogen (secondary N) is 1. The van der Waals surface area contributed by atoms with Crippen LogP contribution in [0.3, 0.4) is 0 Å². The summed E-state index contributed by atoms with van der Waals surface area (Å²) in [5, 5.41) is 4.06. The number of alkyl halides is 2. The van der Waals surface area contributed by atoms with Crippen LogP contribution in [0, 0.1) is 0 Å². The van der Waals surface area contributed by atoms with Crippen LogP contribution in [0.25, 0.3) is 0 Å². The Bertz CT molecular complexity index is 365. The van der Waals surface area contributed by atoms with E-state index in [4.69, 9.17) is 0 Å². The quantitative estimate of drug-likeness (QED) is 0.868. The van der Waals surface area contributed by atoms with E-state index in [1.165, 1.54) is 31.1 Å². The molecule has 0 aliphatic carbocycles. The molecule has 0 radical (unpaired) electrons. The van der Waals surface area contributed by atoms with Gasteiger partial charge >= 0.3 is 0 Å². The fraction of sp³-hybridized carbons (Fsp3) is 0.571. The molecule has 1 aliphatic rings. The van der Waals surface area contributed by atoms with E-state index in [1.54, 1.807) is 12.1 Å². The van der Waals surface area contributed by atoms with E-state index in [1.807, 2.05) is 17.8 Å². The average Bonchev–Trinajstić information content (AvgIpc) is 2.40. The highest BCUT2D eigenvalue weighted by atomic mass is 32.2. The molecule has 1 heterocycles. The Kier molecular flexibility index (Phi) is 5.45. The van der Waals surface area contributed by atoms with Gasteiger partial charge in [-0.25, -0.2) is 8.78 Å². The van der Waals surface area contributed by atoms with Crippen LogP contribution in [0.5, 0.6) is 0 Å². The summed E-state index contributed by atoms with van der Waals surface area (Å²) in [5.74, 6) is 1.26. The Morgan fingerprint density at radius 1 is 1.33 bits per heavy atom. The number of halogens is 2. The Morgan fingerprint density at radius 3 is 2.94 bits per heavy atom. The normalized spacial score (nSPS) is 20.3. The van der Waals surface area contributed by atoms with Crippen molar-refractivity contribution in [2.75, 3.05) is 12.3 Å². The van der Waals surface area contributed by atoms with Gasteiger partial charge in [0.25, 0.3) is 6.43 Å². The smallest absolute Gasteiger partial charge is 0.263 e. The molecular formula is C14H19F2NS. The standard InChI is InChI=1S/C14H19F2NS/c15-14(16)12-5-3-4-11(8-12)9-17-10-13-6-1-2-7-18-13/h3-5,8,13-14,17H,1-2,6-7,9-10H2. The fourth-order valence-electron chi connectivity index (χ4n) is 2.18. The minimum atomic E-state index is -2.38. The van der Waals surface area contributed by atoms with E-state index < -0.39 is 6.43 Å². The van der Waals surface area contributed by atoms with Crippen molar-refractivity contribution in [2.24, 2.45) is 0 Å². The summed E-state index contributed by atoms with van der Waals surface area (Å²) < 4.78 is 25.1. The van der Waals surface area contributed by atoms with Crippen molar-refractivity contribution in [3.63, 3.8) is 0 Å². The molecule has 4 heteroatoms. The van der Waals surface area contributed by atoms with Gasteiger partial charge in [0, 0.05) is 23.9 Å². The van der Waals surface area contributed by atoms with Crippen molar-refractivity contribution in [2.45, 2.75) is 37.5 Å². The van der Waals surface area contributed by atoms with E-state index >= 15 is 0 Å². The maximum Gasteiger partial charge on any atom is 0.263 e. The number of thioether (sulfide) groups is 1. The molecule has 18 heavy (non-hydrogen) atoms. The van der Waals surface area contributed by atoms with Gasteiger partial charge in [0.15, 0.2) is 0 Å². The molecule has 0 aromatic heterocycles. The fourth-order valence-corrected chi connectivity index (χ4v) is 3.46. The van der Waals surface area contributed by atoms with Gasteiger partial charge in [0.1, 0.15) is 0 Å². The summed E-state index contributed by atoms with van der Waals surface area (Å²) in [7, 11) is 0. The molecule has 0 saturated carbocycles. The highest BCUT2D eigenvalue weighted by Crippen LogP contribution is 2.24. The average molecular weight is 271 g/mol. The van der Waals surface area contributed by atoms with Gasteiger partial charge in [-0.05, 0) is 30.2 Å². The molecule has 0 spiro atoms. The highest BCUT2D eigenvalue weighted by molar-refractivity contribution is 7.99. The molecule has 1 saturated heterocycles. The van der Waals surface area contributed by atoms with Crippen molar-refractivity contribution >= 4 is 11.8 Å². The van der Waals surface area contributed by atoms with Crippen LogP contribution in [0.1, 0.15) is 36.8 Å². The third-order valence-corrected chi connectivity index (χ3v) is 4.58. The van der Waals surface area contributed by atoms with Crippen LogP contribution in [0.2, 0.25) is 0 Å². The van der Waals surface area contributed by atoms with Gasteiger partial charge in [-0.2, -0.15) is 11.8 Å². The van der Waals surface area contributed by atoms with Gasteiger partial charge in [0.2, 0.25) is 0 Å². The van der Waals surface area contributed by atoms with Crippen molar-refractivity contribution in [1.82, 2.24) is 5.32 Å². The summed E-state index contributed by atoms with van der Waals surface area (Å²) in [6, 6.07) is 6.66. The first-order chi connectivity index (χ1) is 8.75. The van der Waals surface area contributed by atoms with Crippen LogP contribution >= 0.6 is 11.8 Å². The van der Waals surface area contributed by atoms with Gasteiger partial charge in [-0.1, -0.05) is 24.6 Å². The van der Waals surface area contributed by atoms with Crippen LogP contribution in [0.15, 0.2) is 24.3 Å². The van der Waals surface area contributed by atoms with Crippen molar-refractivity contribution < 1.29 is 8.78 Å². The topological polar surface area (TPSA) is 12.0 Å². The molecular weight excluding hydrogens is 252 g/mol. The lowest BCUT2D eigenvalue weighted by molar-refractivity contribution is 0.151. The lowest BCUT2D eigenvalue weighted by Crippen LogP contribution is -2.26. The van der Waals surface area contributed by atoms with Crippen LogP contribution < -0.4 is 5.32 Å². The molecule has 1 N–H and O–H groups in total. The third kappa shape index (κ3) is 4.25. The molecule has 1 aromatic rings. The Morgan fingerprint density at radius 2 is 2.22 bits per heavy atom. The zero-order chi connectivity index (χ0) is 12.8. The summed E-state index contributed by atoms with van der Waals surface area (Å²) in [6.07, 6.45) is 1.55. The first kappa shape index (κ1) is 13.8. The lowest BCUT2D eigenvalue weighted by Gasteiger charge is -2.21. The van der Waals surface area contributed by atoms with E-state index in [-0.39, 0.29) is 5.56 Å². The predicted octanol–water partition coefficient (Wildman–Crippen LogP) is 4.00. The molecule has 1 unspecified atom stereocenters. The number of rotatable bonds is 5. The molecule has 0 amide bonds. The third-order valence-electron chi connectivity index (χ3n) is 3.18. The molecule has 0 bridgehead atoms. The van der Waals surface area contributed by atoms with Gasteiger partial charge in [-0.15, -0.1) is 0 Å². The van der Waals surface area contributed by atoms with E-state index in [0.29, 0.717) is 11.8 Å². The van der Waals surface area contributed by atoms with E-state index in [2.05, 4.69) is 5.32 Å². The zero-order valence-corrected chi connectivity index (χ0v) is 11.2. The second-order valence-corrected chi connectivity index (χ2v) is 6.07. The number of hydrogen-bond donors (Lipinski definition) is 1. The van der Waals surface area contributed by atoms with Crippen molar-refractivity contribution in [3.05, 3.63) is 35.4 Å². The maximum absolute atomic E-state index is 12.5. The first-order valence-corrected chi connectivity index (χ1v) is 7.50. The van der Waals surface area contributed by atoms with Crippen molar-refractivity contribution in [1.29, 1.82) is 0 Å². The summed E-state index contributed by atoms with van der Waals surface area (Å²) in [5.41, 5.74) is 1.05. The van der Waals surface area contributed by atoms with Gasteiger partial charge < -0.3 is 5.32 Å². The molecule has 1 aliphatic heterocycles. The van der Waals surface area contributed by atoms with Gasteiger partial charge in [0.05, 0.1) is 0 Å². The Hall–Kier alpha value is -0.610. The SMILES string of the molecule is FC(F)c1cccc(CNCC2CCCCS2)c1. The molecule has 1 atom stereocenters. The molecule has 100 valence electrons. The second-order valence-electron chi connectivity index (χ2n) is 4.67. The first-order valence-electron chi connectivity index (χ1n) is 6.45. The second kappa shape index (κ2) is 7.10. The summed E-state index contributed by atoms with van der Waals surface area (Å²) >= 11 is 2.02. The molecule has 1 aromatic carbocycles. The van der Waals surface area contributed by atoms with Gasteiger partial charge in [-0.3, -0.25) is 0 Å². The van der Waals surface area contributed by atoms with Crippen LogP contribution in [0.4, 0.5) is 8.78 Å².